The summed E-state index contributed by atoms with van der Waals surface area (Å²) in [5.74, 6) is -0.192. The number of hydrogen-bond donors (Lipinski definition) is 2. The molecule has 3 unspecified atom stereocenters. The summed E-state index contributed by atoms with van der Waals surface area (Å²) >= 11 is 0. The first-order chi connectivity index (χ1) is 34.5. The smallest absolute Gasteiger partial charge is 0.268 e. The van der Waals surface area contributed by atoms with Crippen LogP contribution in [-0.2, 0) is 18.4 Å². The van der Waals surface area contributed by atoms with Gasteiger partial charge in [0.05, 0.1) is 39.9 Å². The van der Waals surface area contributed by atoms with Crippen molar-refractivity contribution < 1.29 is 32.9 Å². The van der Waals surface area contributed by atoms with Gasteiger partial charge in [-0.2, -0.15) is 0 Å². The maximum atomic E-state index is 13.0. The van der Waals surface area contributed by atoms with E-state index in [1.165, 1.54) is 238 Å². The Morgan fingerprint density at radius 2 is 0.817 bits per heavy atom. The molecule has 3 atom stereocenters. The molecule has 0 radical (unpaired) electrons. The van der Waals surface area contributed by atoms with Crippen molar-refractivity contribution in [2.24, 2.45) is 0 Å². The molecule has 0 heterocycles. The van der Waals surface area contributed by atoms with Crippen LogP contribution in [0, 0.1) is 0 Å². The molecule has 0 rings (SSSR count). The average molecular weight is 1020 g/mol. The highest BCUT2D eigenvalue weighted by molar-refractivity contribution is 7.45. The van der Waals surface area contributed by atoms with Crippen LogP contribution in [0.5, 0.6) is 0 Å². The number of hydrogen-bond acceptors (Lipinski definition) is 6. The predicted molar refractivity (Wildman–Crippen MR) is 307 cm³/mol. The number of rotatable bonds is 57. The van der Waals surface area contributed by atoms with Crippen molar-refractivity contribution in [1.29, 1.82) is 0 Å². The molecule has 1 amide bonds. The van der Waals surface area contributed by atoms with Crippen LogP contribution in [0.25, 0.3) is 0 Å². The summed E-state index contributed by atoms with van der Waals surface area (Å²) in [6, 6.07) is -0.884. The molecule has 71 heavy (non-hydrogen) atoms. The van der Waals surface area contributed by atoms with E-state index in [1.54, 1.807) is 6.08 Å². The summed E-state index contributed by atoms with van der Waals surface area (Å²) in [6.07, 6.45) is 69.6. The van der Waals surface area contributed by atoms with Gasteiger partial charge in [-0.15, -0.1) is 0 Å². The van der Waals surface area contributed by atoms with E-state index in [9.17, 15) is 19.4 Å². The molecular formula is C62H121N2O6P. The second kappa shape index (κ2) is 53.5. The quantitative estimate of drug-likeness (QED) is 0.0272. The topological polar surface area (TPSA) is 108 Å². The second-order valence-corrected chi connectivity index (χ2v) is 23.8. The molecule has 2 N–H and O–H groups in total. The summed E-state index contributed by atoms with van der Waals surface area (Å²) in [5.41, 5.74) is 0. The van der Waals surface area contributed by atoms with Crippen LogP contribution in [-0.4, -0.2) is 68.5 Å². The molecule has 0 saturated heterocycles. The Morgan fingerprint density at radius 3 is 1.17 bits per heavy atom. The number of likely N-dealkylation sites (N-methyl/N-ethyl adjacent to an activating group) is 1. The minimum Gasteiger partial charge on any atom is -0.756 e. The Hall–Kier alpha value is -1.28. The van der Waals surface area contributed by atoms with E-state index in [0.717, 1.165) is 44.9 Å². The summed E-state index contributed by atoms with van der Waals surface area (Å²) in [5, 5.41) is 13.9. The zero-order valence-corrected chi connectivity index (χ0v) is 48.8. The Morgan fingerprint density at radius 1 is 0.493 bits per heavy atom. The number of quaternary nitrogens is 1. The summed E-state index contributed by atoms with van der Waals surface area (Å²) in [6.45, 7) is 4.67. The normalized spacial score (nSPS) is 14.1. The lowest BCUT2D eigenvalue weighted by molar-refractivity contribution is -0.870. The molecule has 0 bridgehead atoms. The molecule has 9 heteroatoms. The number of aliphatic hydroxyl groups excluding tert-OH is 1. The molecular weight excluding hydrogens is 900 g/mol. The fourth-order valence-electron chi connectivity index (χ4n) is 9.25. The molecule has 0 fully saturated rings. The molecule has 0 aliphatic rings. The molecule has 0 aliphatic heterocycles. The van der Waals surface area contributed by atoms with Gasteiger partial charge in [0.15, 0.2) is 0 Å². The van der Waals surface area contributed by atoms with Gasteiger partial charge in [-0.25, -0.2) is 0 Å². The highest BCUT2D eigenvalue weighted by Crippen LogP contribution is 2.38. The van der Waals surface area contributed by atoms with E-state index < -0.39 is 20.0 Å². The summed E-state index contributed by atoms with van der Waals surface area (Å²) in [4.78, 5) is 25.5. The van der Waals surface area contributed by atoms with Crippen LogP contribution in [0.15, 0.2) is 36.5 Å². The number of aliphatic hydroxyl groups is 1. The van der Waals surface area contributed by atoms with Crippen LogP contribution in [0.1, 0.15) is 303 Å². The van der Waals surface area contributed by atoms with Gasteiger partial charge in [0.1, 0.15) is 13.2 Å². The van der Waals surface area contributed by atoms with Crippen LogP contribution in [0.2, 0.25) is 0 Å². The van der Waals surface area contributed by atoms with E-state index in [2.05, 4.69) is 43.5 Å². The van der Waals surface area contributed by atoms with Crippen molar-refractivity contribution >= 4 is 13.7 Å². The summed E-state index contributed by atoms with van der Waals surface area (Å²) in [7, 11) is 1.27. The zero-order chi connectivity index (χ0) is 52.0. The van der Waals surface area contributed by atoms with Gasteiger partial charge in [0.2, 0.25) is 5.91 Å². The Bertz CT molecular complexity index is 1250. The first-order valence-electron chi connectivity index (χ1n) is 30.9. The maximum absolute atomic E-state index is 13.0. The lowest BCUT2D eigenvalue weighted by Gasteiger charge is -2.29. The number of allylic oxidation sites excluding steroid dienone is 5. The highest BCUT2D eigenvalue weighted by Gasteiger charge is 2.23. The molecule has 0 aromatic rings. The second-order valence-electron chi connectivity index (χ2n) is 22.4. The Kier molecular flexibility index (Phi) is 52.6. The number of amides is 1. The van der Waals surface area contributed by atoms with Crippen LogP contribution in [0.4, 0.5) is 0 Å². The lowest BCUT2D eigenvalue weighted by atomic mass is 10.0. The van der Waals surface area contributed by atoms with Crippen LogP contribution in [0.3, 0.4) is 0 Å². The SMILES string of the molecule is CCCCCCC/C=C\C/C=C\CCCCCCCCCCCCCCCCCCCCCCCCCC(=O)NC(COP(=O)([O-])OCC[N+](C)(C)C)C(O)/C=C/CCCCCCCCCCCCCC. The van der Waals surface area contributed by atoms with E-state index in [4.69, 9.17) is 9.05 Å². The predicted octanol–water partition coefficient (Wildman–Crippen LogP) is 18.3. The van der Waals surface area contributed by atoms with Gasteiger partial charge >= 0.3 is 0 Å². The number of unbranched alkanes of at least 4 members (excludes halogenated alkanes) is 40. The van der Waals surface area contributed by atoms with Gasteiger partial charge in [-0.3, -0.25) is 9.36 Å². The maximum Gasteiger partial charge on any atom is 0.268 e. The Labute approximate surface area is 442 Å². The van der Waals surface area contributed by atoms with Gasteiger partial charge in [0.25, 0.3) is 7.82 Å². The molecule has 0 saturated carbocycles. The van der Waals surface area contributed by atoms with E-state index in [1.807, 2.05) is 27.2 Å². The number of nitrogens with one attached hydrogen (secondary N) is 1. The molecule has 0 aliphatic carbocycles. The largest absolute Gasteiger partial charge is 0.756 e. The average Bonchev–Trinajstić information content (AvgIpc) is 3.33. The van der Waals surface area contributed by atoms with Crippen molar-refractivity contribution in [2.45, 2.75) is 315 Å². The van der Waals surface area contributed by atoms with Crippen LogP contribution >= 0.6 is 7.82 Å². The van der Waals surface area contributed by atoms with Gasteiger partial charge < -0.3 is 28.8 Å². The number of carbonyl (C=O) groups is 1. The van der Waals surface area contributed by atoms with Crippen molar-refractivity contribution in [3.8, 4) is 0 Å². The van der Waals surface area contributed by atoms with E-state index in [0.29, 0.717) is 17.4 Å². The number of carbonyl (C=O) groups excluding carboxylic acids is 1. The van der Waals surface area contributed by atoms with Crippen molar-refractivity contribution in [3.63, 3.8) is 0 Å². The van der Waals surface area contributed by atoms with Crippen LogP contribution < -0.4 is 10.2 Å². The third kappa shape index (κ3) is 56.3. The molecule has 8 nitrogen and oxygen atoms in total. The van der Waals surface area contributed by atoms with Gasteiger partial charge in [-0.1, -0.05) is 281 Å². The van der Waals surface area contributed by atoms with E-state index in [-0.39, 0.29) is 19.1 Å². The first kappa shape index (κ1) is 69.7. The fraction of sp³-hybridized carbons (Fsp3) is 0.887. The summed E-state index contributed by atoms with van der Waals surface area (Å²) < 4.78 is 23.3. The highest BCUT2D eigenvalue weighted by atomic mass is 31.2. The number of nitrogens with zero attached hydrogens (tertiary/aromatic N) is 1. The lowest BCUT2D eigenvalue weighted by Crippen LogP contribution is -2.45. The molecule has 420 valence electrons. The molecule has 0 aromatic heterocycles. The first-order valence-corrected chi connectivity index (χ1v) is 32.3. The van der Waals surface area contributed by atoms with Crippen molar-refractivity contribution in [1.82, 2.24) is 5.32 Å². The standard InChI is InChI=1S/C62H121N2O6P/c1-6-8-10-12-14-16-18-20-22-23-24-25-26-27-28-29-30-31-32-33-34-35-36-37-38-39-40-41-42-44-46-48-50-52-54-56-62(66)63-60(59-70-71(67,68)69-58-57-64(3,4)5)61(65)55-53-51-49-47-45-43-21-19-17-15-13-11-9-7-2/h18,20,23-24,53,55,60-61,65H,6-17,19,21-22,25-52,54,56-59H2,1-5H3,(H-,63,66,67,68)/b20-18-,24-23-,55-53+. The Balaban J connectivity index is 3.95. The molecule has 0 aromatic carbocycles. The minimum absolute atomic E-state index is 0.000986. The molecule has 0 spiro atoms. The van der Waals surface area contributed by atoms with Gasteiger partial charge in [0, 0.05) is 6.42 Å². The monoisotopic (exact) mass is 1020 g/mol. The van der Waals surface area contributed by atoms with Crippen molar-refractivity contribution in [2.75, 3.05) is 40.9 Å². The van der Waals surface area contributed by atoms with E-state index >= 15 is 0 Å². The zero-order valence-electron chi connectivity index (χ0n) is 47.9. The van der Waals surface area contributed by atoms with Crippen molar-refractivity contribution in [3.05, 3.63) is 36.5 Å². The third-order valence-corrected chi connectivity index (χ3v) is 15.1. The minimum atomic E-state index is -4.59. The van der Waals surface area contributed by atoms with Gasteiger partial charge in [-0.05, 0) is 51.4 Å². The number of phosphoric ester groups is 1. The number of phosphoric acid groups is 1. The third-order valence-electron chi connectivity index (χ3n) is 14.1. The fourth-order valence-corrected chi connectivity index (χ4v) is 9.97.